The van der Waals surface area contributed by atoms with E-state index in [0.717, 1.165) is 19.3 Å². The third-order valence-corrected chi connectivity index (χ3v) is 6.07. The molecule has 0 spiro atoms. The molecule has 2 rings (SSSR count). The Kier molecular flexibility index (Phi) is 2.88. The van der Waals surface area contributed by atoms with Gasteiger partial charge < -0.3 is 0 Å². The van der Waals surface area contributed by atoms with E-state index in [-0.39, 0.29) is 16.9 Å². The zero-order chi connectivity index (χ0) is 13.1. The Bertz CT molecular complexity index is 416. The standard InChI is InChI=1S/C12H24N2O2S/c1-11(2)6-10-7-12(3,8-11)9-14(10)17(15,16)13(4)5/h10H,6-9H2,1-5H3/t10-,12-/m1/s1. The molecular weight excluding hydrogens is 236 g/mol. The molecule has 0 unspecified atom stereocenters. The number of hydrogen-bond acceptors (Lipinski definition) is 2. The lowest BCUT2D eigenvalue weighted by molar-refractivity contribution is 0.133. The van der Waals surface area contributed by atoms with Gasteiger partial charge >= 0.3 is 0 Å². The smallest absolute Gasteiger partial charge is 0.195 e. The van der Waals surface area contributed by atoms with E-state index in [0.29, 0.717) is 6.54 Å². The molecule has 1 aliphatic carbocycles. The minimum Gasteiger partial charge on any atom is -0.195 e. The molecule has 5 heteroatoms. The summed E-state index contributed by atoms with van der Waals surface area (Å²) in [6, 6.07) is 0.191. The van der Waals surface area contributed by atoms with Gasteiger partial charge in [-0.2, -0.15) is 17.0 Å². The molecule has 2 bridgehead atoms. The zero-order valence-corrected chi connectivity index (χ0v) is 12.3. The molecule has 0 aromatic rings. The average molecular weight is 260 g/mol. The van der Waals surface area contributed by atoms with Crippen molar-refractivity contribution < 1.29 is 8.42 Å². The third-order valence-electron chi connectivity index (χ3n) is 4.12. The van der Waals surface area contributed by atoms with Crippen molar-refractivity contribution in [2.45, 2.75) is 46.1 Å². The van der Waals surface area contributed by atoms with Crippen molar-refractivity contribution in [1.82, 2.24) is 8.61 Å². The maximum absolute atomic E-state index is 12.3. The lowest BCUT2D eigenvalue weighted by Gasteiger charge is -2.39. The molecule has 1 saturated heterocycles. The summed E-state index contributed by atoms with van der Waals surface area (Å²) in [6.07, 6.45) is 3.12. The number of hydrogen-bond donors (Lipinski definition) is 0. The van der Waals surface area contributed by atoms with E-state index in [9.17, 15) is 8.42 Å². The van der Waals surface area contributed by atoms with Gasteiger partial charge in [0.25, 0.3) is 10.2 Å². The molecule has 0 aromatic carbocycles. The third kappa shape index (κ3) is 2.25. The van der Waals surface area contributed by atoms with Gasteiger partial charge in [-0.1, -0.05) is 20.8 Å². The highest BCUT2D eigenvalue weighted by molar-refractivity contribution is 7.86. The fourth-order valence-corrected chi connectivity index (χ4v) is 5.31. The minimum absolute atomic E-state index is 0.162. The minimum atomic E-state index is -3.25. The summed E-state index contributed by atoms with van der Waals surface area (Å²) < 4.78 is 27.6. The van der Waals surface area contributed by atoms with Crippen molar-refractivity contribution in [3.05, 3.63) is 0 Å². The van der Waals surface area contributed by atoms with Crippen LogP contribution in [-0.4, -0.2) is 43.7 Å². The van der Waals surface area contributed by atoms with Gasteiger partial charge in [-0.3, -0.25) is 0 Å². The summed E-state index contributed by atoms with van der Waals surface area (Å²) in [5.41, 5.74) is 0.420. The van der Waals surface area contributed by atoms with Gasteiger partial charge in [0.1, 0.15) is 0 Å². The number of nitrogens with zero attached hydrogens (tertiary/aromatic N) is 2. The molecule has 4 nitrogen and oxygen atoms in total. The Balaban J connectivity index is 2.31. The van der Waals surface area contributed by atoms with Crippen molar-refractivity contribution in [2.24, 2.45) is 10.8 Å². The lowest BCUT2D eigenvalue weighted by Crippen LogP contribution is -2.43. The second-order valence-electron chi connectivity index (χ2n) is 7.05. The van der Waals surface area contributed by atoms with Crippen LogP contribution in [0, 0.1) is 10.8 Å². The Labute approximate surface area is 105 Å². The molecule has 0 aromatic heterocycles. The molecule has 0 radical (unpaired) electrons. The maximum Gasteiger partial charge on any atom is 0.281 e. The Morgan fingerprint density at radius 2 is 1.76 bits per heavy atom. The van der Waals surface area contributed by atoms with Crippen LogP contribution in [0.3, 0.4) is 0 Å². The fraction of sp³-hybridized carbons (Fsp3) is 1.00. The molecule has 0 amide bonds. The van der Waals surface area contributed by atoms with Crippen LogP contribution in [0.25, 0.3) is 0 Å². The van der Waals surface area contributed by atoms with Crippen LogP contribution < -0.4 is 0 Å². The Morgan fingerprint density at radius 1 is 1.18 bits per heavy atom. The van der Waals surface area contributed by atoms with Crippen molar-refractivity contribution >= 4 is 10.2 Å². The number of rotatable bonds is 2. The summed E-state index contributed by atoms with van der Waals surface area (Å²) >= 11 is 0. The first kappa shape index (κ1) is 13.3. The highest BCUT2D eigenvalue weighted by Crippen LogP contribution is 2.53. The highest BCUT2D eigenvalue weighted by atomic mass is 32.2. The van der Waals surface area contributed by atoms with Gasteiger partial charge in [0.15, 0.2) is 0 Å². The largest absolute Gasteiger partial charge is 0.281 e. The first-order chi connectivity index (χ1) is 7.56. The maximum atomic E-state index is 12.3. The van der Waals surface area contributed by atoms with E-state index >= 15 is 0 Å². The molecule has 1 aliphatic heterocycles. The van der Waals surface area contributed by atoms with E-state index in [2.05, 4.69) is 20.8 Å². The van der Waals surface area contributed by atoms with Gasteiger partial charge in [0.2, 0.25) is 0 Å². The first-order valence-electron chi connectivity index (χ1n) is 6.25. The van der Waals surface area contributed by atoms with Gasteiger partial charge in [-0.05, 0) is 30.1 Å². The van der Waals surface area contributed by atoms with Crippen LogP contribution in [0.15, 0.2) is 0 Å². The van der Waals surface area contributed by atoms with E-state index in [4.69, 9.17) is 0 Å². The molecule has 17 heavy (non-hydrogen) atoms. The molecule has 2 aliphatic rings. The van der Waals surface area contributed by atoms with Crippen LogP contribution in [-0.2, 0) is 10.2 Å². The summed E-state index contributed by atoms with van der Waals surface area (Å²) in [4.78, 5) is 0. The van der Waals surface area contributed by atoms with Gasteiger partial charge in [-0.15, -0.1) is 0 Å². The van der Waals surface area contributed by atoms with E-state index < -0.39 is 10.2 Å². The predicted molar refractivity (Wildman–Crippen MR) is 68.8 cm³/mol. The molecule has 0 N–H and O–H groups in total. The number of fused-ring (bicyclic) bond motifs is 2. The van der Waals surface area contributed by atoms with Gasteiger partial charge in [0, 0.05) is 26.7 Å². The molecule has 100 valence electrons. The zero-order valence-electron chi connectivity index (χ0n) is 11.5. The molecular formula is C12H24N2O2S. The van der Waals surface area contributed by atoms with Crippen LogP contribution >= 0.6 is 0 Å². The Hall–Kier alpha value is -0.130. The quantitative estimate of drug-likeness (QED) is 0.758. The molecule has 1 heterocycles. The van der Waals surface area contributed by atoms with Crippen LogP contribution in [0.5, 0.6) is 0 Å². The first-order valence-corrected chi connectivity index (χ1v) is 7.65. The average Bonchev–Trinajstić information content (AvgIpc) is 2.34. The highest BCUT2D eigenvalue weighted by Gasteiger charge is 2.53. The fourth-order valence-electron chi connectivity index (χ4n) is 3.89. The van der Waals surface area contributed by atoms with E-state index in [1.807, 2.05) is 0 Å². The SMILES string of the molecule is CN(C)S(=O)(=O)N1C[C@]2(C)C[C@H]1CC(C)(C)C2. The Morgan fingerprint density at radius 3 is 2.29 bits per heavy atom. The monoisotopic (exact) mass is 260 g/mol. The van der Waals surface area contributed by atoms with Crippen LogP contribution in [0.1, 0.15) is 40.0 Å². The second-order valence-corrected chi connectivity index (χ2v) is 9.14. The molecule has 2 atom stereocenters. The van der Waals surface area contributed by atoms with Crippen LogP contribution in [0.4, 0.5) is 0 Å². The van der Waals surface area contributed by atoms with Crippen molar-refractivity contribution in [2.75, 3.05) is 20.6 Å². The van der Waals surface area contributed by atoms with Crippen LogP contribution in [0.2, 0.25) is 0 Å². The summed E-state index contributed by atoms with van der Waals surface area (Å²) in [7, 11) is -0.0201. The van der Waals surface area contributed by atoms with Gasteiger partial charge in [0.05, 0.1) is 0 Å². The summed E-state index contributed by atoms with van der Waals surface area (Å²) in [5.74, 6) is 0. The predicted octanol–water partition coefficient (Wildman–Crippen LogP) is 1.69. The van der Waals surface area contributed by atoms with E-state index in [1.165, 1.54) is 4.31 Å². The molecule has 2 fully saturated rings. The summed E-state index contributed by atoms with van der Waals surface area (Å²) in [6.45, 7) is 7.42. The van der Waals surface area contributed by atoms with Crippen molar-refractivity contribution in [3.63, 3.8) is 0 Å². The van der Waals surface area contributed by atoms with E-state index in [1.54, 1.807) is 18.4 Å². The van der Waals surface area contributed by atoms with Crippen molar-refractivity contribution in [1.29, 1.82) is 0 Å². The second kappa shape index (κ2) is 3.68. The van der Waals surface area contributed by atoms with Crippen molar-refractivity contribution in [3.8, 4) is 0 Å². The summed E-state index contributed by atoms with van der Waals surface area (Å²) in [5, 5.41) is 0. The van der Waals surface area contributed by atoms with Gasteiger partial charge in [-0.25, -0.2) is 0 Å². The lowest BCUT2D eigenvalue weighted by atomic mass is 9.65. The normalized spacial score (nSPS) is 37.6. The molecule has 1 saturated carbocycles. The topological polar surface area (TPSA) is 40.6 Å².